The summed E-state index contributed by atoms with van der Waals surface area (Å²) < 4.78 is 23.6. The molecule has 0 aliphatic carbocycles. The van der Waals surface area contributed by atoms with Crippen molar-refractivity contribution in [3.63, 3.8) is 0 Å². The number of para-hydroxylation sites is 1. The molecule has 3 aromatic carbocycles. The van der Waals surface area contributed by atoms with Gasteiger partial charge in [-0.25, -0.2) is 13.2 Å². The second-order valence-corrected chi connectivity index (χ2v) is 11.2. The van der Waals surface area contributed by atoms with E-state index < -0.39 is 27.0 Å². The molecule has 1 aromatic heterocycles. The smallest absolute Gasteiger partial charge is 0.303 e. The van der Waals surface area contributed by atoms with Gasteiger partial charge in [0.1, 0.15) is 28.7 Å². The summed E-state index contributed by atoms with van der Waals surface area (Å²) in [6, 6.07) is 22.6. The molecule has 0 spiro atoms. The minimum Gasteiger partial charge on any atom is -0.493 e. The number of carbonyl (C=O) groups is 2. The van der Waals surface area contributed by atoms with Crippen LogP contribution in [0.15, 0.2) is 85.4 Å². The molecule has 2 N–H and O–H groups in total. The van der Waals surface area contributed by atoms with E-state index in [1.165, 1.54) is 6.21 Å². The van der Waals surface area contributed by atoms with E-state index in [0.717, 1.165) is 33.9 Å². The third kappa shape index (κ3) is 8.44. The van der Waals surface area contributed by atoms with Gasteiger partial charge in [0.05, 0.1) is 22.7 Å². The fourth-order valence-corrected chi connectivity index (χ4v) is 5.27. The molecule has 11 heteroatoms. The van der Waals surface area contributed by atoms with Crippen LogP contribution in [0.25, 0.3) is 11.5 Å². The van der Waals surface area contributed by atoms with Gasteiger partial charge in [-0.15, -0.1) is 0 Å². The fraction of sp³-hybridized carbons (Fsp3) is 0.188. The number of aliphatic carboxylic acids is 1. The van der Waals surface area contributed by atoms with E-state index in [2.05, 4.69) is 18.5 Å². The summed E-state index contributed by atoms with van der Waals surface area (Å²) in [5.41, 5.74) is 3.48. The Labute approximate surface area is 258 Å². The number of oxazole rings is 1. The van der Waals surface area contributed by atoms with Crippen molar-refractivity contribution in [1.82, 2.24) is 10.3 Å². The predicted molar refractivity (Wildman–Crippen MR) is 173 cm³/mol. The van der Waals surface area contributed by atoms with Crippen LogP contribution in [0.5, 0.6) is 17.2 Å². The van der Waals surface area contributed by atoms with Crippen LogP contribution in [0.1, 0.15) is 29.0 Å². The number of carboxylic acids is 1. The summed E-state index contributed by atoms with van der Waals surface area (Å²) >= 11 is -0.470. The normalized spacial score (nSPS) is 12.3. The number of nitrogens with one attached hydrogen (secondary N) is 1. The zero-order valence-electron chi connectivity index (χ0n) is 23.3. The van der Waals surface area contributed by atoms with E-state index in [1.807, 2.05) is 73.7 Å². The van der Waals surface area contributed by atoms with Gasteiger partial charge in [-0.05, 0) is 73.0 Å². The van der Waals surface area contributed by atoms with Gasteiger partial charge in [0.25, 0.3) is 5.91 Å². The molecular weight excluding hydrogens is 663 g/mol. The Morgan fingerprint density at radius 2 is 1.72 bits per heavy atom. The number of carboxylic acid groups (broad SMARTS) is 1. The van der Waals surface area contributed by atoms with Crippen LogP contribution in [0.3, 0.4) is 0 Å². The first kappa shape index (κ1) is 29.8. The summed E-state index contributed by atoms with van der Waals surface area (Å²) in [5, 5.41) is 12.0. The number of hydrogen-bond acceptors (Lipinski definition) is 8. The molecule has 5 rings (SSSR count). The van der Waals surface area contributed by atoms with Crippen LogP contribution in [0.2, 0.25) is 0 Å². The van der Waals surface area contributed by atoms with Crippen molar-refractivity contribution in [2.24, 2.45) is 8.20 Å². The molecule has 2 heterocycles. The SMILES string of the molecule is Cc1oc(-c2ccc(Oc3ccccc3)cc2)nc1CCOc1ccc(CCC(=O)O)c(CNC(=O)C2=NC=IN=C2)c1. The van der Waals surface area contributed by atoms with E-state index in [4.69, 9.17) is 19.0 Å². The molecule has 0 bridgehead atoms. The van der Waals surface area contributed by atoms with Crippen molar-refractivity contribution in [2.45, 2.75) is 32.7 Å². The zero-order chi connectivity index (χ0) is 30.0. The second-order valence-electron chi connectivity index (χ2n) is 9.50. The van der Waals surface area contributed by atoms with Gasteiger partial charge in [0, 0.05) is 46.0 Å². The Morgan fingerprint density at radius 1 is 0.953 bits per heavy atom. The minimum absolute atomic E-state index is 0.0182. The topological polar surface area (TPSA) is 136 Å². The lowest BCUT2D eigenvalue weighted by atomic mass is 10.0. The van der Waals surface area contributed by atoms with Crippen molar-refractivity contribution in [3.05, 3.63) is 95.4 Å². The predicted octanol–water partition coefficient (Wildman–Crippen LogP) is 5.87. The number of hydrogen-bond donors (Lipinski definition) is 2. The van der Waals surface area contributed by atoms with Gasteiger partial charge in [0.15, 0.2) is 0 Å². The maximum Gasteiger partial charge on any atom is 0.303 e. The molecule has 4 aromatic rings. The molecule has 0 radical (unpaired) electrons. The van der Waals surface area contributed by atoms with E-state index in [1.54, 1.807) is 10.2 Å². The van der Waals surface area contributed by atoms with Crippen LogP contribution >= 0.6 is 21.0 Å². The monoisotopic (exact) mass is 692 g/mol. The molecule has 10 nitrogen and oxygen atoms in total. The highest BCUT2D eigenvalue weighted by Gasteiger charge is 2.14. The number of aryl methyl sites for hydroxylation is 2. The van der Waals surface area contributed by atoms with Crippen LogP contribution in [-0.4, -0.2) is 44.6 Å². The quantitative estimate of drug-likeness (QED) is 0.168. The number of rotatable bonds is 13. The van der Waals surface area contributed by atoms with Crippen molar-refractivity contribution in [3.8, 4) is 28.7 Å². The first-order valence-corrected chi connectivity index (χ1v) is 15.8. The Kier molecular flexibility index (Phi) is 10.1. The third-order valence-electron chi connectivity index (χ3n) is 6.50. The van der Waals surface area contributed by atoms with E-state index in [0.29, 0.717) is 36.8 Å². The maximum absolute atomic E-state index is 12.5. The van der Waals surface area contributed by atoms with Gasteiger partial charge >= 0.3 is 5.97 Å². The average Bonchev–Trinajstić information content (AvgIpc) is 3.40. The van der Waals surface area contributed by atoms with Gasteiger partial charge in [-0.2, -0.15) is 0 Å². The number of amides is 1. The van der Waals surface area contributed by atoms with Crippen molar-refractivity contribution >= 4 is 48.9 Å². The van der Waals surface area contributed by atoms with Crippen molar-refractivity contribution in [2.75, 3.05) is 6.61 Å². The minimum atomic E-state index is -0.888. The van der Waals surface area contributed by atoms with Gasteiger partial charge < -0.3 is 24.3 Å². The first-order valence-electron chi connectivity index (χ1n) is 13.5. The summed E-state index contributed by atoms with van der Waals surface area (Å²) in [6.07, 6.45) is 2.33. The number of benzene rings is 3. The standard InChI is InChI=1S/C32H29IN4O6/c1-21-28(37-32(42-21)23-8-11-26(12-9-23)43-25-5-3-2-4-6-25)15-16-41-27-13-7-22(10-14-30(38)39)24(17-27)18-34-31(40)29-19-36-33-20-35-29/h2-9,11-13,17,19-20H,10,14-16,18H2,1H3,(H,34,40)(H,38,39). The fourth-order valence-electron chi connectivity index (χ4n) is 4.27. The number of ether oxygens (including phenoxy) is 2. The summed E-state index contributed by atoms with van der Waals surface area (Å²) in [4.78, 5) is 32.5. The van der Waals surface area contributed by atoms with Gasteiger partial charge in [-0.1, -0.05) is 24.3 Å². The Hall–Kier alpha value is -4.65. The second kappa shape index (κ2) is 14.5. The Bertz CT molecular complexity index is 1680. The molecule has 0 saturated heterocycles. The number of carbonyl (C=O) groups excluding carboxylic acids is 1. The van der Waals surface area contributed by atoms with Crippen molar-refractivity contribution < 1.29 is 28.6 Å². The third-order valence-corrected chi connectivity index (χ3v) is 7.63. The van der Waals surface area contributed by atoms with Gasteiger partial charge in [-0.3, -0.25) is 9.59 Å². The lowest BCUT2D eigenvalue weighted by molar-refractivity contribution is -0.137. The highest BCUT2D eigenvalue weighted by atomic mass is 127. The molecule has 1 aliphatic rings. The molecule has 1 amide bonds. The largest absolute Gasteiger partial charge is 0.493 e. The van der Waals surface area contributed by atoms with E-state index >= 15 is 0 Å². The van der Waals surface area contributed by atoms with Crippen LogP contribution in [0, 0.1) is 6.92 Å². The van der Waals surface area contributed by atoms with Crippen molar-refractivity contribution in [1.29, 1.82) is 0 Å². The highest BCUT2D eigenvalue weighted by Crippen LogP contribution is 2.27. The number of halogens is 1. The maximum atomic E-state index is 12.5. The number of nitrogens with zero attached hydrogens (tertiary/aromatic N) is 3. The van der Waals surface area contributed by atoms with E-state index in [-0.39, 0.29) is 24.6 Å². The molecule has 0 fully saturated rings. The molecule has 1 aliphatic heterocycles. The molecule has 220 valence electrons. The highest BCUT2D eigenvalue weighted by molar-refractivity contribution is 14.2. The summed E-state index contributed by atoms with van der Waals surface area (Å²) in [5.74, 6) is 2.09. The number of aromatic nitrogens is 1. The van der Waals surface area contributed by atoms with E-state index in [9.17, 15) is 9.59 Å². The molecule has 43 heavy (non-hydrogen) atoms. The lowest BCUT2D eigenvalue weighted by Gasteiger charge is -2.13. The molecule has 0 saturated carbocycles. The first-order chi connectivity index (χ1) is 20.9. The van der Waals surface area contributed by atoms with Gasteiger partial charge in [0.2, 0.25) is 5.89 Å². The Balaban J connectivity index is 1.20. The molecular formula is C32H29IN4O6. The van der Waals surface area contributed by atoms with Crippen LogP contribution in [0.4, 0.5) is 0 Å². The lowest BCUT2D eigenvalue weighted by Crippen LogP contribution is -2.32. The Morgan fingerprint density at radius 3 is 2.47 bits per heavy atom. The summed E-state index contributed by atoms with van der Waals surface area (Å²) in [6.45, 7) is 2.43. The average molecular weight is 693 g/mol. The summed E-state index contributed by atoms with van der Waals surface area (Å²) in [7, 11) is 0. The molecule has 0 unspecified atom stereocenters. The van der Waals surface area contributed by atoms with Crippen LogP contribution in [-0.2, 0) is 29.0 Å². The number of aliphatic imine (C=N–C) groups is 1. The zero-order valence-corrected chi connectivity index (χ0v) is 25.5. The van der Waals surface area contributed by atoms with Crippen LogP contribution < -0.4 is 14.8 Å². The molecule has 0 atom stereocenters.